The second-order valence-corrected chi connectivity index (χ2v) is 12.1. The molecule has 0 atom stereocenters. The number of sulfonamides is 1. The van der Waals surface area contributed by atoms with Gasteiger partial charge >= 0.3 is 0 Å². The number of hydrogen-bond donors (Lipinski definition) is 0. The lowest BCUT2D eigenvalue weighted by molar-refractivity contribution is 0.161. The molecular formula is C18H25N3O4S3. The van der Waals surface area contributed by atoms with E-state index in [1.165, 1.54) is 23.8 Å². The van der Waals surface area contributed by atoms with E-state index in [0.29, 0.717) is 30.6 Å². The Morgan fingerprint density at radius 2 is 1.71 bits per heavy atom. The molecule has 1 aliphatic heterocycles. The maximum atomic E-state index is 11.6. The van der Waals surface area contributed by atoms with Crippen LogP contribution in [0.2, 0.25) is 0 Å². The molecule has 2 aromatic rings. The van der Waals surface area contributed by atoms with Gasteiger partial charge in [-0.25, -0.2) is 26.1 Å². The lowest BCUT2D eigenvalue weighted by Gasteiger charge is -2.35. The van der Waals surface area contributed by atoms with Gasteiger partial charge in [0.1, 0.15) is 5.01 Å². The normalized spacial score (nSPS) is 17.3. The third-order valence-electron chi connectivity index (χ3n) is 5.01. The summed E-state index contributed by atoms with van der Waals surface area (Å²) < 4.78 is 48.0. The fourth-order valence-corrected chi connectivity index (χ4v) is 5.68. The summed E-state index contributed by atoms with van der Waals surface area (Å²) in [4.78, 5) is 7.21. The molecule has 28 heavy (non-hydrogen) atoms. The Kier molecular flexibility index (Phi) is 6.26. The first-order valence-electron chi connectivity index (χ1n) is 8.94. The monoisotopic (exact) mass is 443 g/mol. The fraction of sp³-hybridized carbons (Fsp3) is 0.500. The number of benzene rings is 1. The molecule has 0 radical (unpaired) electrons. The highest BCUT2D eigenvalue weighted by molar-refractivity contribution is 7.90. The average molecular weight is 444 g/mol. The van der Waals surface area contributed by atoms with E-state index in [1.54, 1.807) is 28.6 Å². The SMILES string of the molecule is CN(Cc1csc(-c2ccc(S(C)(=O)=O)cc2)n1)C1CCN(S(C)(=O)=O)CC1. The maximum Gasteiger partial charge on any atom is 0.211 e. The molecule has 1 aromatic carbocycles. The van der Waals surface area contributed by atoms with Gasteiger partial charge in [-0.15, -0.1) is 11.3 Å². The van der Waals surface area contributed by atoms with Gasteiger partial charge in [0.25, 0.3) is 0 Å². The van der Waals surface area contributed by atoms with Crippen molar-refractivity contribution < 1.29 is 16.8 Å². The standard InChI is InChI=1S/C18H25N3O4S3/c1-20(16-8-10-21(11-9-16)28(3,24)25)12-15-13-26-18(19-15)14-4-6-17(7-5-14)27(2,22)23/h4-7,13,16H,8-12H2,1-3H3. The number of piperidine rings is 1. The molecule has 0 spiro atoms. The van der Waals surface area contributed by atoms with Crippen LogP contribution in [0.25, 0.3) is 10.6 Å². The van der Waals surface area contributed by atoms with Gasteiger partial charge in [-0.1, -0.05) is 12.1 Å². The average Bonchev–Trinajstić information content (AvgIpc) is 3.09. The molecule has 1 aromatic heterocycles. The lowest BCUT2D eigenvalue weighted by Crippen LogP contribution is -2.44. The number of sulfone groups is 1. The van der Waals surface area contributed by atoms with E-state index in [9.17, 15) is 16.8 Å². The van der Waals surface area contributed by atoms with Crippen molar-refractivity contribution in [2.45, 2.75) is 30.3 Å². The van der Waals surface area contributed by atoms with E-state index in [0.717, 1.165) is 29.1 Å². The van der Waals surface area contributed by atoms with Crippen LogP contribution < -0.4 is 0 Å². The Hall–Kier alpha value is -1.33. The van der Waals surface area contributed by atoms with Crippen LogP contribution >= 0.6 is 11.3 Å². The number of thiazole rings is 1. The molecule has 0 amide bonds. The van der Waals surface area contributed by atoms with Crippen LogP contribution in [-0.4, -0.2) is 69.7 Å². The first-order valence-corrected chi connectivity index (χ1v) is 13.6. The van der Waals surface area contributed by atoms with E-state index < -0.39 is 19.9 Å². The molecule has 0 N–H and O–H groups in total. The molecular weight excluding hydrogens is 418 g/mol. The molecule has 1 saturated heterocycles. The van der Waals surface area contributed by atoms with Gasteiger partial charge in [0.05, 0.1) is 16.8 Å². The molecule has 0 saturated carbocycles. The van der Waals surface area contributed by atoms with E-state index in [2.05, 4.69) is 9.88 Å². The summed E-state index contributed by atoms with van der Waals surface area (Å²) >= 11 is 1.53. The smallest absolute Gasteiger partial charge is 0.211 e. The zero-order valence-electron chi connectivity index (χ0n) is 16.2. The summed E-state index contributed by atoms with van der Waals surface area (Å²) in [5.41, 5.74) is 1.85. The minimum absolute atomic E-state index is 0.299. The number of rotatable bonds is 6. The van der Waals surface area contributed by atoms with Crippen molar-refractivity contribution in [3.8, 4) is 10.6 Å². The number of hydrogen-bond acceptors (Lipinski definition) is 7. The van der Waals surface area contributed by atoms with Crippen LogP contribution in [0.5, 0.6) is 0 Å². The molecule has 1 aliphatic rings. The van der Waals surface area contributed by atoms with Crippen LogP contribution in [0.4, 0.5) is 0 Å². The van der Waals surface area contributed by atoms with Gasteiger partial charge in [0.15, 0.2) is 9.84 Å². The van der Waals surface area contributed by atoms with Crippen molar-refractivity contribution in [3.63, 3.8) is 0 Å². The Bertz CT molecular complexity index is 1020. The Labute approximate surface area is 171 Å². The number of aromatic nitrogens is 1. The van der Waals surface area contributed by atoms with Crippen LogP contribution in [0, 0.1) is 0 Å². The van der Waals surface area contributed by atoms with Gasteiger partial charge in [0, 0.05) is 42.9 Å². The molecule has 0 bridgehead atoms. The van der Waals surface area contributed by atoms with Crippen LogP contribution in [0.1, 0.15) is 18.5 Å². The molecule has 10 heteroatoms. The van der Waals surface area contributed by atoms with Gasteiger partial charge in [-0.2, -0.15) is 0 Å². The van der Waals surface area contributed by atoms with E-state index >= 15 is 0 Å². The summed E-state index contributed by atoms with van der Waals surface area (Å²) in [6, 6.07) is 7.10. The molecule has 0 unspecified atom stereocenters. The largest absolute Gasteiger partial charge is 0.297 e. The Balaban J connectivity index is 1.62. The minimum atomic E-state index is -3.20. The number of nitrogens with zero attached hydrogens (tertiary/aromatic N) is 3. The van der Waals surface area contributed by atoms with Gasteiger partial charge in [-0.05, 0) is 32.0 Å². The zero-order valence-corrected chi connectivity index (χ0v) is 18.6. The third-order valence-corrected chi connectivity index (χ3v) is 8.38. The zero-order chi connectivity index (χ0) is 20.5. The highest BCUT2D eigenvalue weighted by Gasteiger charge is 2.27. The van der Waals surface area contributed by atoms with Crippen LogP contribution in [0.3, 0.4) is 0 Å². The van der Waals surface area contributed by atoms with E-state index in [1.807, 2.05) is 12.4 Å². The lowest BCUT2D eigenvalue weighted by atomic mass is 10.1. The van der Waals surface area contributed by atoms with Crippen molar-refractivity contribution in [2.75, 3.05) is 32.6 Å². The van der Waals surface area contributed by atoms with Crippen molar-refractivity contribution in [1.82, 2.24) is 14.2 Å². The van der Waals surface area contributed by atoms with Gasteiger partial charge in [-0.3, -0.25) is 4.90 Å². The van der Waals surface area contributed by atoms with Crippen LogP contribution in [0.15, 0.2) is 34.5 Å². The van der Waals surface area contributed by atoms with E-state index in [4.69, 9.17) is 0 Å². The van der Waals surface area contributed by atoms with Crippen LogP contribution in [-0.2, 0) is 26.4 Å². The first-order chi connectivity index (χ1) is 13.0. The highest BCUT2D eigenvalue weighted by Crippen LogP contribution is 2.26. The van der Waals surface area contributed by atoms with Crippen molar-refractivity contribution in [3.05, 3.63) is 35.3 Å². The fourth-order valence-electron chi connectivity index (χ4n) is 3.36. The molecule has 7 nitrogen and oxygen atoms in total. The second-order valence-electron chi connectivity index (χ2n) is 7.25. The summed E-state index contributed by atoms with van der Waals surface area (Å²) in [7, 11) is -4.27. The predicted octanol–water partition coefficient (Wildman–Crippen LogP) is 2.07. The molecule has 2 heterocycles. The van der Waals surface area contributed by atoms with E-state index in [-0.39, 0.29) is 0 Å². The topological polar surface area (TPSA) is 87.7 Å². The minimum Gasteiger partial charge on any atom is -0.297 e. The molecule has 0 aliphatic carbocycles. The summed E-state index contributed by atoms with van der Waals surface area (Å²) in [5, 5.41) is 2.87. The highest BCUT2D eigenvalue weighted by atomic mass is 32.2. The Morgan fingerprint density at radius 1 is 1.11 bits per heavy atom. The van der Waals surface area contributed by atoms with Crippen molar-refractivity contribution >= 4 is 31.2 Å². The van der Waals surface area contributed by atoms with Gasteiger partial charge in [0.2, 0.25) is 10.0 Å². The molecule has 3 rings (SSSR count). The second kappa shape index (κ2) is 8.19. The molecule has 1 fully saturated rings. The Morgan fingerprint density at radius 3 is 2.25 bits per heavy atom. The third kappa shape index (κ3) is 5.18. The predicted molar refractivity (Wildman–Crippen MR) is 112 cm³/mol. The summed E-state index contributed by atoms with van der Waals surface area (Å²) in [5.74, 6) is 0. The quantitative estimate of drug-likeness (QED) is 0.679. The van der Waals surface area contributed by atoms with Crippen molar-refractivity contribution in [1.29, 1.82) is 0 Å². The first kappa shape index (κ1) is 21.4. The summed E-state index contributed by atoms with van der Waals surface area (Å²) in [6.07, 6.45) is 4.08. The molecule has 154 valence electrons. The van der Waals surface area contributed by atoms with Gasteiger partial charge < -0.3 is 0 Å². The maximum absolute atomic E-state index is 11.6. The van der Waals surface area contributed by atoms with Crippen molar-refractivity contribution in [2.24, 2.45) is 0 Å². The summed E-state index contributed by atoms with van der Waals surface area (Å²) in [6.45, 7) is 1.81.